The van der Waals surface area contributed by atoms with Crippen LogP contribution in [0.1, 0.15) is 66.5 Å². The molecule has 22 heavy (non-hydrogen) atoms. The zero-order chi connectivity index (χ0) is 15.9. The van der Waals surface area contributed by atoms with Crippen LogP contribution in [0.25, 0.3) is 0 Å². The fourth-order valence-corrected chi connectivity index (χ4v) is 3.86. The molecule has 0 aromatic carbocycles. The fraction of sp³-hybridized carbons (Fsp3) is 0.588. The van der Waals surface area contributed by atoms with Crippen molar-refractivity contribution in [1.82, 2.24) is 4.98 Å². The summed E-state index contributed by atoms with van der Waals surface area (Å²) in [5.74, 6) is 0.289. The molecule has 0 radical (unpaired) electrons. The van der Waals surface area contributed by atoms with E-state index in [1.54, 1.807) is 7.11 Å². The number of aliphatic hydroxyl groups excluding tert-OH is 1. The Bertz CT molecular complexity index is 622. The molecule has 118 valence electrons. The topological polar surface area (TPSA) is 76.5 Å². The van der Waals surface area contributed by atoms with Gasteiger partial charge >= 0.3 is 0 Å². The Morgan fingerprint density at radius 1 is 1.18 bits per heavy atom. The molecule has 3 rings (SSSR count). The molecule has 1 atom stereocenters. The number of carbonyl (C=O) groups is 2. The standard InChI is InChI=1S/C17H21NO4/c1-9-15-13(4-3-5-14(15)21)16(17(18-9)22-2)10-6-11(19)8-12(20)7-10/h10,14,21H,3-8H2,1-2H3. The number of rotatable bonds is 2. The number of hydrogen-bond donors (Lipinski definition) is 1. The smallest absolute Gasteiger partial charge is 0.217 e. The zero-order valence-corrected chi connectivity index (χ0v) is 13.0. The number of Topliss-reactive ketones (excluding diaryl/α,β-unsaturated/α-hetero) is 2. The number of aryl methyl sites for hydroxylation is 1. The van der Waals surface area contributed by atoms with Gasteiger partial charge in [0, 0.05) is 35.6 Å². The largest absolute Gasteiger partial charge is 0.481 e. The predicted molar refractivity (Wildman–Crippen MR) is 80.0 cm³/mol. The van der Waals surface area contributed by atoms with Crippen LogP contribution in [0.15, 0.2) is 0 Å². The van der Waals surface area contributed by atoms with Crippen molar-refractivity contribution < 1.29 is 19.4 Å². The van der Waals surface area contributed by atoms with Crippen molar-refractivity contribution in [1.29, 1.82) is 0 Å². The summed E-state index contributed by atoms with van der Waals surface area (Å²) in [6.07, 6.45) is 2.69. The Kier molecular flexibility index (Phi) is 4.00. The summed E-state index contributed by atoms with van der Waals surface area (Å²) in [7, 11) is 1.56. The molecule has 1 N–H and O–H groups in total. The number of fused-ring (bicyclic) bond motifs is 1. The minimum Gasteiger partial charge on any atom is -0.481 e. The van der Waals surface area contributed by atoms with Gasteiger partial charge in [-0.15, -0.1) is 0 Å². The number of ketones is 2. The average molecular weight is 303 g/mol. The fourth-order valence-electron chi connectivity index (χ4n) is 3.86. The van der Waals surface area contributed by atoms with Gasteiger partial charge in [0.15, 0.2) is 0 Å². The third-order valence-corrected chi connectivity index (χ3v) is 4.72. The van der Waals surface area contributed by atoms with Crippen molar-refractivity contribution in [3.63, 3.8) is 0 Å². The molecule has 5 nitrogen and oxygen atoms in total. The molecule has 0 aliphatic heterocycles. The molecule has 1 fully saturated rings. The molecular weight excluding hydrogens is 282 g/mol. The number of nitrogens with zero attached hydrogens (tertiary/aromatic N) is 1. The van der Waals surface area contributed by atoms with Gasteiger partial charge in [0.05, 0.1) is 19.6 Å². The molecule has 1 aromatic heterocycles. The van der Waals surface area contributed by atoms with Gasteiger partial charge in [-0.05, 0) is 31.7 Å². The van der Waals surface area contributed by atoms with E-state index in [-0.39, 0.29) is 23.9 Å². The number of carbonyl (C=O) groups excluding carboxylic acids is 2. The molecule has 0 spiro atoms. The maximum atomic E-state index is 11.8. The molecule has 1 saturated carbocycles. The third-order valence-electron chi connectivity index (χ3n) is 4.72. The van der Waals surface area contributed by atoms with Crippen LogP contribution in [0.3, 0.4) is 0 Å². The van der Waals surface area contributed by atoms with Crippen LogP contribution in [0.4, 0.5) is 0 Å². The van der Waals surface area contributed by atoms with Gasteiger partial charge in [0.2, 0.25) is 5.88 Å². The minimum absolute atomic E-state index is 0.0195. The zero-order valence-electron chi connectivity index (χ0n) is 13.0. The maximum Gasteiger partial charge on any atom is 0.217 e. The van der Waals surface area contributed by atoms with E-state index in [0.29, 0.717) is 18.7 Å². The highest BCUT2D eigenvalue weighted by Gasteiger charge is 2.34. The molecule has 5 heteroatoms. The number of aliphatic hydroxyl groups is 1. The molecular formula is C17H21NO4. The lowest BCUT2D eigenvalue weighted by atomic mass is 9.76. The van der Waals surface area contributed by atoms with E-state index in [2.05, 4.69) is 4.98 Å². The van der Waals surface area contributed by atoms with Crippen LogP contribution in [-0.2, 0) is 16.0 Å². The van der Waals surface area contributed by atoms with Gasteiger partial charge in [0.25, 0.3) is 0 Å². The van der Waals surface area contributed by atoms with E-state index < -0.39 is 6.10 Å². The van der Waals surface area contributed by atoms with Crippen molar-refractivity contribution in [2.24, 2.45) is 0 Å². The van der Waals surface area contributed by atoms with E-state index >= 15 is 0 Å². The van der Waals surface area contributed by atoms with E-state index in [1.807, 2.05) is 6.92 Å². The van der Waals surface area contributed by atoms with Gasteiger partial charge in [-0.1, -0.05) is 0 Å². The van der Waals surface area contributed by atoms with Crippen LogP contribution < -0.4 is 4.74 Å². The average Bonchev–Trinajstić information content (AvgIpc) is 2.45. The lowest BCUT2D eigenvalue weighted by Crippen LogP contribution is -2.25. The van der Waals surface area contributed by atoms with Gasteiger partial charge in [0.1, 0.15) is 11.6 Å². The highest BCUT2D eigenvalue weighted by Crippen LogP contribution is 2.43. The van der Waals surface area contributed by atoms with Crippen LogP contribution >= 0.6 is 0 Å². The Morgan fingerprint density at radius 2 is 1.86 bits per heavy atom. The van der Waals surface area contributed by atoms with Crippen molar-refractivity contribution >= 4 is 11.6 Å². The van der Waals surface area contributed by atoms with Gasteiger partial charge in [-0.25, -0.2) is 4.98 Å². The van der Waals surface area contributed by atoms with Gasteiger partial charge in [-0.2, -0.15) is 0 Å². The first-order valence-corrected chi connectivity index (χ1v) is 7.80. The third kappa shape index (κ3) is 2.54. The van der Waals surface area contributed by atoms with Crippen LogP contribution in [0, 0.1) is 6.92 Å². The van der Waals surface area contributed by atoms with Crippen molar-refractivity contribution in [2.45, 2.75) is 57.5 Å². The highest BCUT2D eigenvalue weighted by molar-refractivity contribution is 6.02. The Morgan fingerprint density at radius 3 is 2.50 bits per heavy atom. The molecule has 0 bridgehead atoms. The quantitative estimate of drug-likeness (QED) is 0.847. The Hall–Kier alpha value is -1.75. The lowest BCUT2D eigenvalue weighted by Gasteiger charge is -2.30. The molecule has 2 aliphatic carbocycles. The number of ether oxygens (including phenoxy) is 1. The van der Waals surface area contributed by atoms with E-state index in [1.165, 1.54) is 0 Å². The number of hydrogen-bond acceptors (Lipinski definition) is 5. The minimum atomic E-state index is -0.518. The summed E-state index contributed by atoms with van der Waals surface area (Å²) >= 11 is 0. The van der Waals surface area contributed by atoms with E-state index in [4.69, 9.17) is 4.74 Å². The molecule has 2 aliphatic rings. The lowest BCUT2D eigenvalue weighted by molar-refractivity contribution is -0.130. The second-order valence-electron chi connectivity index (χ2n) is 6.28. The van der Waals surface area contributed by atoms with Crippen LogP contribution in [0.5, 0.6) is 5.88 Å². The van der Waals surface area contributed by atoms with E-state index in [9.17, 15) is 14.7 Å². The summed E-state index contributed by atoms with van der Waals surface area (Å²) in [6.45, 7) is 1.87. The summed E-state index contributed by atoms with van der Waals surface area (Å²) < 4.78 is 5.44. The second-order valence-corrected chi connectivity index (χ2v) is 6.28. The molecule has 0 amide bonds. The summed E-state index contributed by atoms with van der Waals surface area (Å²) in [5, 5.41) is 10.3. The van der Waals surface area contributed by atoms with Crippen LogP contribution in [0.2, 0.25) is 0 Å². The highest BCUT2D eigenvalue weighted by atomic mass is 16.5. The second kappa shape index (κ2) is 5.80. The first kappa shape index (κ1) is 15.2. The van der Waals surface area contributed by atoms with Gasteiger partial charge < -0.3 is 9.84 Å². The summed E-state index contributed by atoms with van der Waals surface area (Å²) in [4.78, 5) is 28.1. The SMILES string of the molecule is COc1nc(C)c2c(c1C1CC(=O)CC(=O)C1)CCCC2O. The first-order chi connectivity index (χ1) is 10.5. The first-order valence-electron chi connectivity index (χ1n) is 7.80. The monoisotopic (exact) mass is 303 g/mol. The maximum absolute atomic E-state index is 11.8. The van der Waals surface area contributed by atoms with E-state index in [0.717, 1.165) is 41.6 Å². The number of aromatic nitrogens is 1. The number of methoxy groups -OCH3 is 1. The normalized spacial score (nSPS) is 22.6. The summed E-state index contributed by atoms with van der Waals surface area (Å²) in [5.41, 5.74) is 3.54. The van der Waals surface area contributed by atoms with Crippen molar-refractivity contribution in [2.75, 3.05) is 7.11 Å². The van der Waals surface area contributed by atoms with Crippen LogP contribution in [-0.4, -0.2) is 28.8 Å². The number of pyridine rings is 1. The Balaban J connectivity index is 2.15. The molecule has 1 heterocycles. The molecule has 0 saturated heterocycles. The van der Waals surface area contributed by atoms with Gasteiger partial charge in [-0.3, -0.25) is 9.59 Å². The predicted octanol–water partition coefficient (Wildman–Crippen LogP) is 2.17. The van der Waals surface area contributed by atoms with Crippen molar-refractivity contribution in [3.8, 4) is 5.88 Å². The molecule has 1 aromatic rings. The summed E-state index contributed by atoms with van der Waals surface area (Å²) in [6, 6.07) is 0. The Labute approximate surface area is 129 Å². The molecule has 1 unspecified atom stereocenters. The van der Waals surface area contributed by atoms with Crippen molar-refractivity contribution in [3.05, 3.63) is 22.4 Å².